The number of rotatable bonds is 6. The van der Waals surface area contributed by atoms with Crippen molar-refractivity contribution < 1.29 is 9.59 Å². The molecule has 0 radical (unpaired) electrons. The standard InChI is InChI=1S/C22H25Cl2N3O2/c1-13(2)21(28)26-10-14-3-4-16-11-27(12-17(16)7-14)22(29)20(25)8-15-5-6-18(23)9-19(15)24/h3-7,9,13,20H,8,10-12,25H2,1-2H3,(H,26,28). The van der Waals surface area contributed by atoms with Gasteiger partial charge in [-0.1, -0.05) is 61.3 Å². The summed E-state index contributed by atoms with van der Waals surface area (Å²) in [6.45, 7) is 5.26. The summed E-state index contributed by atoms with van der Waals surface area (Å²) in [6, 6.07) is 10.6. The number of hydrogen-bond acceptors (Lipinski definition) is 3. The van der Waals surface area contributed by atoms with Crippen LogP contribution in [0.4, 0.5) is 0 Å². The lowest BCUT2D eigenvalue weighted by molar-refractivity contribution is -0.133. The van der Waals surface area contributed by atoms with Gasteiger partial charge in [0.1, 0.15) is 0 Å². The van der Waals surface area contributed by atoms with Gasteiger partial charge in [-0.3, -0.25) is 9.59 Å². The van der Waals surface area contributed by atoms with Gasteiger partial charge in [0.25, 0.3) is 0 Å². The van der Waals surface area contributed by atoms with Crippen LogP contribution in [0.25, 0.3) is 0 Å². The molecule has 1 aliphatic heterocycles. The van der Waals surface area contributed by atoms with Crippen LogP contribution in [0.5, 0.6) is 0 Å². The van der Waals surface area contributed by atoms with Crippen molar-refractivity contribution >= 4 is 35.0 Å². The van der Waals surface area contributed by atoms with Crippen molar-refractivity contribution in [2.45, 2.75) is 45.9 Å². The van der Waals surface area contributed by atoms with Crippen LogP contribution < -0.4 is 11.1 Å². The summed E-state index contributed by atoms with van der Waals surface area (Å²) in [5.41, 5.74) is 10.2. The molecule has 7 heteroatoms. The Kier molecular flexibility index (Phi) is 6.83. The van der Waals surface area contributed by atoms with E-state index in [9.17, 15) is 9.59 Å². The lowest BCUT2D eigenvalue weighted by atomic mass is 10.1. The molecule has 0 aliphatic carbocycles. The Morgan fingerprint density at radius 3 is 2.52 bits per heavy atom. The van der Waals surface area contributed by atoms with Crippen molar-refractivity contribution in [2.75, 3.05) is 0 Å². The van der Waals surface area contributed by atoms with Crippen molar-refractivity contribution in [3.05, 3.63) is 68.7 Å². The molecule has 0 bridgehead atoms. The van der Waals surface area contributed by atoms with Crippen molar-refractivity contribution in [2.24, 2.45) is 11.7 Å². The van der Waals surface area contributed by atoms with Gasteiger partial charge < -0.3 is 16.0 Å². The van der Waals surface area contributed by atoms with E-state index in [-0.39, 0.29) is 17.7 Å². The maximum absolute atomic E-state index is 12.8. The molecular weight excluding hydrogens is 409 g/mol. The molecule has 29 heavy (non-hydrogen) atoms. The van der Waals surface area contributed by atoms with Crippen LogP contribution in [-0.2, 0) is 35.6 Å². The number of fused-ring (bicyclic) bond motifs is 1. The number of carbonyl (C=O) groups excluding carboxylic acids is 2. The Morgan fingerprint density at radius 1 is 1.10 bits per heavy atom. The number of nitrogens with two attached hydrogens (primary N) is 1. The van der Waals surface area contributed by atoms with E-state index in [4.69, 9.17) is 28.9 Å². The molecule has 5 nitrogen and oxygen atoms in total. The second-order valence-electron chi connectivity index (χ2n) is 7.72. The fourth-order valence-corrected chi connectivity index (χ4v) is 3.84. The summed E-state index contributed by atoms with van der Waals surface area (Å²) in [5, 5.41) is 3.98. The van der Waals surface area contributed by atoms with Crippen molar-refractivity contribution in [3.8, 4) is 0 Å². The molecule has 0 spiro atoms. The smallest absolute Gasteiger partial charge is 0.240 e. The molecule has 1 aliphatic rings. The molecule has 3 N–H and O–H groups in total. The molecule has 0 saturated carbocycles. The first kappa shape index (κ1) is 21.6. The maximum atomic E-state index is 12.8. The van der Waals surface area contributed by atoms with Gasteiger partial charge in [-0.25, -0.2) is 0 Å². The second kappa shape index (κ2) is 9.16. The van der Waals surface area contributed by atoms with Gasteiger partial charge in [0, 0.05) is 35.6 Å². The van der Waals surface area contributed by atoms with E-state index in [1.807, 2.05) is 32.0 Å². The Bertz CT molecular complexity index is 930. The van der Waals surface area contributed by atoms with Crippen LogP contribution in [0.1, 0.15) is 36.1 Å². The fourth-order valence-electron chi connectivity index (χ4n) is 3.35. The van der Waals surface area contributed by atoms with Gasteiger partial charge in [-0.15, -0.1) is 0 Å². The quantitative estimate of drug-likeness (QED) is 0.729. The first-order valence-electron chi connectivity index (χ1n) is 9.61. The predicted molar refractivity (Wildman–Crippen MR) is 116 cm³/mol. The Morgan fingerprint density at radius 2 is 1.83 bits per heavy atom. The highest BCUT2D eigenvalue weighted by Gasteiger charge is 2.27. The van der Waals surface area contributed by atoms with Crippen LogP contribution in [0.3, 0.4) is 0 Å². The monoisotopic (exact) mass is 433 g/mol. The van der Waals surface area contributed by atoms with E-state index >= 15 is 0 Å². The lowest BCUT2D eigenvalue weighted by Crippen LogP contribution is -2.42. The summed E-state index contributed by atoms with van der Waals surface area (Å²) in [5.74, 6) is -0.135. The molecule has 0 aromatic heterocycles. The average molecular weight is 434 g/mol. The van der Waals surface area contributed by atoms with Crippen LogP contribution in [0.15, 0.2) is 36.4 Å². The summed E-state index contributed by atoms with van der Waals surface area (Å²) >= 11 is 12.1. The highest BCUT2D eigenvalue weighted by atomic mass is 35.5. The Balaban J connectivity index is 1.61. The summed E-state index contributed by atoms with van der Waals surface area (Å²) in [7, 11) is 0. The zero-order chi connectivity index (χ0) is 21.1. The molecule has 2 aromatic rings. The van der Waals surface area contributed by atoms with Gasteiger partial charge in [-0.05, 0) is 40.8 Å². The molecule has 2 amide bonds. The van der Waals surface area contributed by atoms with Crippen molar-refractivity contribution in [1.82, 2.24) is 10.2 Å². The molecule has 1 unspecified atom stereocenters. The Hall–Kier alpha value is -2.08. The lowest BCUT2D eigenvalue weighted by Gasteiger charge is -2.20. The third-order valence-corrected chi connectivity index (χ3v) is 5.65. The summed E-state index contributed by atoms with van der Waals surface area (Å²) in [6.07, 6.45) is 0.355. The number of carbonyl (C=O) groups is 2. The number of nitrogens with one attached hydrogen (secondary N) is 1. The second-order valence-corrected chi connectivity index (χ2v) is 8.56. The van der Waals surface area contributed by atoms with Crippen molar-refractivity contribution in [1.29, 1.82) is 0 Å². The molecule has 0 saturated heterocycles. The SMILES string of the molecule is CC(C)C(=O)NCc1ccc2c(c1)CN(C(=O)C(N)Cc1ccc(Cl)cc1Cl)C2. The van der Waals surface area contributed by atoms with Crippen molar-refractivity contribution in [3.63, 3.8) is 0 Å². The van der Waals surface area contributed by atoms with Gasteiger partial charge in [-0.2, -0.15) is 0 Å². The van der Waals surface area contributed by atoms with Crippen LogP contribution >= 0.6 is 23.2 Å². The van der Waals surface area contributed by atoms with E-state index in [2.05, 4.69) is 5.32 Å². The van der Waals surface area contributed by atoms with Crippen LogP contribution in [-0.4, -0.2) is 22.8 Å². The highest BCUT2D eigenvalue weighted by Crippen LogP contribution is 2.26. The highest BCUT2D eigenvalue weighted by molar-refractivity contribution is 6.35. The number of nitrogens with zero attached hydrogens (tertiary/aromatic N) is 1. The third kappa shape index (κ3) is 5.30. The zero-order valence-corrected chi connectivity index (χ0v) is 18.1. The molecule has 1 heterocycles. The summed E-state index contributed by atoms with van der Waals surface area (Å²) < 4.78 is 0. The molecule has 154 valence electrons. The van der Waals surface area contributed by atoms with Gasteiger partial charge in [0.15, 0.2) is 0 Å². The van der Waals surface area contributed by atoms with E-state index in [0.717, 1.165) is 22.3 Å². The normalized spacial score (nSPS) is 14.1. The predicted octanol–water partition coefficient (Wildman–Crippen LogP) is 3.68. The van der Waals surface area contributed by atoms with Gasteiger partial charge >= 0.3 is 0 Å². The van der Waals surface area contributed by atoms with E-state index in [1.54, 1.807) is 23.1 Å². The van der Waals surface area contributed by atoms with Gasteiger partial charge in [0.2, 0.25) is 11.8 Å². The molecular formula is C22H25Cl2N3O2. The minimum Gasteiger partial charge on any atom is -0.352 e. The average Bonchev–Trinajstić information content (AvgIpc) is 3.10. The van der Waals surface area contributed by atoms with E-state index in [1.165, 1.54) is 0 Å². The molecule has 2 aromatic carbocycles. The van der Waals surface area contributed by atoms with E-state index in [0.29, 0.717) is 36.1 Å². The largest absolute Gasteiger partial charge is 0.352 e. The van der Waals surface area contributed by atoms with Crippen LogP contribution in [0, 0.1) is 5.92 Å². The molecule has 0 fully saturated rings. The van der Waals surface area contributed by atoms with E-state index < -0.39 is 6.04 Å². The van der Waals surface area contributed by atoms with Crippen LogP contribution in [0.2, 0.25) is 10.0 Å². The topological polar surface area (TPSA) is 75.4 Å². The minimum atomic E-state index is -0.673. The number of hydrogen-bond donors (Lipinski definition) is 2. The Labute approximate surface area is 181 Å². The molecule has 3 rings (SSSR count). The zero-order valence-electron chi connectivity index (χ0n) is 16.5. The first-order chi connectivity index (χ1) is 13.7. The van der Waals surface area contributed by atoms with Gasteiger partial charge in [0.05, 0.1) is 6.04 Å². The minimum absolute atomic E-state index is 0.0223. The maximum Gasteiger partial charge on any atom is 0.240 e. The first-order valence-corrected chi connectivity index (χ1v) is 10.4. The third-order valence-electron chi connectivity index (χ3n) is 5.07. The fraction of sp³-hybridized carbons (Fsp3) is 0.364. The number of amides is 2. The number of benzene rings is 2. The molecule has 1 atom stereocenters. The number of halogens is 2. The summed E-state index contributed by atoms with van der Waals surface area (Å²) in [4.78, 5) is 26.4.